The number of carbonyl (C=O) groups is 1. The lowest BCUT2D eigenvalue weighted by Crippen LogP contribution is -2.55. The first-order valence-electron chi connectivity index (χ1n) is 14.7. The van der Waals surface area contributed by atoms with Gasteiger partial charge in [0.25, 0.3) is 0 Å². The predicted molar refractivity (Wildman–Crippen MR) is 160 cm³/mol. The molecule has 2 aromatic carbocycles. The summed E-state index contributed by atoms with van der Waals surface area (Å²) in [6.07, 6.45) is 3.36. The zero-order valence-electron chi connectivity index (χ0n) is 23.8. The molecular formula is C32H38F3N5O2. The normalized spacial score (nSPS) is 21.0. The van der Waals surface area contributed by atoms with Crippen LogP contribution in [0.3, 0.4) is 0 Å². The smallest absolute Gasteiger partial charge is 0.416 e. The number of ether oxygens (including phenoxy) is 1. The van der Waals surface area contributed by atoms with Gasteiger partial charge in [-0.2, -0.15) is 13.2 Å². The fourth-order valence-electron chi connectivity index (χ4n) is 5.96. The van der Waals surface area contributed by atoms with Crippen molar-refractivity contribution in [2.75, 3.05) is 35.2 Å². The van der Waals surface area contributed by atoms with Gasteiger partial charge in [-0.1, -0.05) is 25.0 Å². The van der Waals surface area contributed by atoms with E-state index in [2.05, 4.69) is 25.8 Å². The Hall–Kier alpha value is -3.79. The number of pyridine rings is 1. The van der Waals surface area contributed by atoms with Crippen LogP contribution >= 0.6 is 0 Å². The van der Waals surface area contributed by atoms with Crippen LogP contribution in [0, 0.1) is 0 Å². The second-order valence-corrected chi connectivity index (χ2v) is 11.0. The van der Waals surface area contributed by atoms with Crippen LogP contribution in [0.2, 0.25) is 0 Å². The Balaban J connectivity index is 1.22. The van der Waals surface area contributed by atoms with Crippen molar-refractivity contribution in [3.05, 3.63) is 72.4 Å². The lowest BCUT2D eigenvalue weighted by Gasteiger charge is -2.40. The highest BCUT2D eigenvalue weighted by Crippen LogP contribution is 2.32. The number of benzene rings is 2. The standard InChI is InChI=1S/C32H38F3N5O2/c1-2-42-31(41)38-25-8-5-7-22(19-25)23-16-17-36-30(20-23)39-29-11-4-3-10-28(29)37-26-9-6-18-40(21-26)27-14-12-24(13-15-27)32(33,34)35/h5,7-8,12-17,19-20,26,28-29,37H,2-4,6,9-11,18,21H2,1H3,(H,36,39)(H,38,41)/t26-,28+,29+/m0/s1. The van der Waals surface area contributed by atoms with E-state index in [9.17, 15) is 18.0 Å². The summed E-state index contributed by atoms with van der Waals surface area (Å²) in [7, 11) is 0. The van der Waals surface area contributed by atoms with Crippen LogP contribution < -0.4 is 20.9 Å². The molecule has 7 nitrogen and oxygen atoms in total. The van der Waals surface area contributed by atoms with Gasteiger partial charge >= 0.3 is 12.3 Å². The van der Waals surface area contributed by atoms with E-state index in [4.69, 9.17) is 4.74 Å². The molecule has 0 spiro atoms. The summed E-state index contributed by atoms with van der Waals surface area (Å²) >= 11 is 0. The molecule has 3 atom stereocenters. The maximum atomic E-state index is 13.0. The number of halogens is 3. The molecule has 2 fully saturated rings. The molecule has 5 rings (SSSR count). The summed E-state index contributed by atoms with van der Waals surface area (Å²) in [6.45, 7) is 3.67. The Morgan fingerprint density at radius 2 is 1.74 bits per heavy atom. The molecule has 3 aromatic rings. The molecule has 1 amide bonds. The van der Waals surface area contributed by atoms with Gasteiger partial charge in [-0.05, 0) is 92.3 Å². The van der Waals surface area contributed by atoms with Crippen molar-refractivity contribution >= 4 is 23.3 Å². The highest BCUT2D eigenvalue weighted by Gasteiger charge is 2.32. The predicted octanol–water partition coefficient (Wildman–Crippen LogP) is 7.32. The van der Waals surface area contributed by atoms with E-state index in [1.54, 1.807) is 25.3 Å². The summed E-state index contributed by atoms with van der Waals surface area (Å²) in [5.41, 5.74) is 2.81. The average molecular weight is 582 g/mol. The molecule has 1 aliphatic carbocycles. The fourth-order valence-corrected chi connectivity index (χ4v) is 5.96. The second-order valence-electron chi connectivity index (χ2n) is 11.0. The van der Waals surface area contributed by atoms with Gasteiger partial charge in [0.1, 0.15) is 5.82 Å². The molecule has 0 bridgehead atoms. The Bertz CT molecular complexity index is 1330. The van der Waals surface area contributed by atoms with Crippen LogP contribution in [0.25, 0.3) is 11.1 Å². The van der Waals surface area contributed by atoms with Gasteiger partial charge in [0.15, 0.2) is 0 Å². The third-order valence-corrected chi connectivity index (χ3v) is 8.01. The Labute approximate surface area is 244 Å². The molecular weight excluding hydrogens is 543 g/mol. The third-order valence-electron chi connectivity index (χ3n) is 8.01. The van der Waals surface area contributed by atoms with Crippen molar-refractivity contribution in [2.24, 2.45) is 0 Å². The highest BCUT2D eigenvalue weighted by atomic mass is 19.4. The zero-order chi connectivity index (χ0) is 29.5. The van der Waals surface area contributed by atoms with Gasteiger partial charge in [-0.15, -0.1) is 0 Å². The summed E-state index contributed by atoms with van der Waals surface area (Å²) in [4.78, 5) is 18.6. The first kappa shape index (κ1) is 29.7. The number of nitrogens with zero attached hydrogens (tertiary/aromatic N) is 2. The van der Waals surface area contributed by atoms with Crippen molar-refractivity contribution in [3.8, 4) is 11.1 Å². The van der Waals surface area contributed by atoms with Gasteiger partial charge in [0, 0.05) is 48.8 Å². The van der Waals surface area contributed by atoms with Crippen LogP contribution in [-0.2, 0) is 10.9 Å². The number of anilines is 3. The Kier molecular flexibility index (Phi) is 9.51. The van der Waals surface area contributed by atoms with E-state index in [1.165, 1.54) is 12.1 Å². The minimum Gasteiger partial charge on any atom is -0.450 e. The average Bonchev–Trinajstić information content (AvgIpc) is 2.98. The van der Waals surface area contributed by atoms with E-state index in [1.807, 2.05) is 36.4 Å². The molecule has 1 saturated heterocycles. The Morgan fingerprint density at radius 1 is 0.976 bits per heavy atom. The van der Waals surface area contributed by atoms with E-state index in [0.29, 0.717) is 12.3 Å². The number of piperidine rings is 1. The topological polar surface area (TPSA) is 78.5 Å². The molecule has 1 aromatic heterocycles. The first-order valence-corrected chi connectivity index (χ1v) is 14.7. The number of carbonyl (C=O) groups excluding carboxylic acids is 1. The zero-order valence-corrected chi connectivity index (χ0v) is 23.8. The van der Waals surface area contributed by atoms with Crippen LogP contribution in [-0.4, -0.2) is 48.9 Å². The van der Waals surface area contributed by atoms with Gasteiger partial charge in [0.05, 0.1) is 12.2 Å². The summed E-state index contributed by atoms with van der Waals surface area (Å²) in [5, 5.41) is 10.3. The van der Waals surface area contributed by atoms with Crippen molar-refractivity contribution in [2.45, 2.75) is 69.8 Å². The maximum absolute atomic E-state index is 13.0. The molecule has 0 unspecified atom stereocenters. The van der Waals surface area contributed by atoms with Gasteiger partial charge < -0.3 is 20.3 Å². The van der Waals surface area contributed by atoms with Crippen LogP contribution in [0.1, 0.15) is 51.0 Å². The number of hydrogen-bond donors (Lipinski definition) is 3. The van der Waals surface area contributed by atoms with Gasteiger partial charge in [-0.3, -0.25) is 5.32 Å². The number of nitrogens with one attached hydrogen (secondary N) is 3. The monoisotopic (exact) mass is 581 g/mol. The molecule has 0 radical (unpaired) electrons. The molecule has 3 N–H and O–H groups in total. The van der Waals surface area contributed by atoms with Crippen molar-refractivity contribution < 1.29 is 22.7 Å². The van der Waals surface area contributed by atoms with Gasteiger partial charge in [-0.25, -0.2) is 9.78 Å². The minimum absolute atomic E-state index is 0.208. The van der Waals surface area contributed by atoms with E-state index in [-0.39, 0.29) is 18.1 Å². The number of amides is 1. The summed E-state index contributed by atoms with van der Waals surface area (Å²) in [6, 6.07) is 17.8. The van der Waals surface area contributed by atoms with Crippen molar-refractivity contribution in [1.82, 2.24) is 10.3 Å². The van der Waals surface area contributed by atoms with Crippen molar-refractivity contribution in [3.63, 3.8) is 0 Å². The number of rotatable bonds is 8. The van der Waals surface area contributed by atoms with Crippen LogP contribution in [0.15, 0.2) is 66.9 Å². The maximum Gasteiger partial charge on any atom is 0.416 e. The van der Waals surface area contributed by atoms with Gasteiger partial charge in [0.2, 0.25) is 0 Å². The van der Waals surface area contributed by atoms with E-state index in [0.717, 1.165) is 74.2 Å². The molecule has 224 valence electrons. The molecule has 2 heterocycles. The molecule has 1 saturated carbocycles. The largest absolute Gasteiger partial charge is 0.450 e. The SMILES string of the molecule is CCOC(=O)Nc1cccc(-c2ccnc(N[C@@H]3CCCC[C@H]3N[C@H]3CCCN(c4ccc(C(F)(F)F)cc4)C3)c2)c1. The first-order chi connectivity index (χ1) is 20.3. The number of alkyl halides is 3. The minimum atomic E-state index is -4.33. The van der Waals surface area contributed by atoms with E-state index < -0.39 is 17.8 Å². The summed E-state index contributed by atoms with van der Waals surface area (Å²) < 4.78 is 44.0. The highest BCUT2D eigenvalue weighted by molar-refractivity contribution is 5.86. The fraction of sp³-hybridized carbons (Fsp3) is 0.438. The van der Waals surface area contributed by atoms with Crippen LogP contribution in [0.4, 0.5) is 35.2 Å². The summed E-state index contributed by atoms with van der Waals surface area (Å²) in [5.74, 6) is 0.796. The quantitative estimate of drug-likeness (QED) is 0.259. The lowest BCUT2D eigenvalue weighted by atomic mass is 9.89. The van der Waals surface area contributed by atoms with Crippen molar-refractivity contribution in [1.29, 1.82) is 0 Å². The third kappa shape index (κ3) is 7.73. The Morgan fingerprint density at radius 3 is 2.50 bits per heavy atom. The molecule has 10 heteroatoms. The van der Waals surface area contributed by atoms with E-state index >= 15 is 0 Å². The lowest BCUT2D eigenvalue weighted by molar-refractivity contribution is -0.137. The molecule has 42 heavy (non-hydrogen) atoms. The molecule has 1 aliphatic heterocycles. The second kappa shape index (κ2) is 13.5. The molecule has 2 aliphatic rings. The van der Waals surface area contributed by atoms with Crippen LogP contribution in [0.5, 0.6) is 0 Å². The number of hydrogen-bond acceptors (Lipinski definition) is 6. The number of aromatic nitrogens is 1.